The van der Waals surface area contributed by atoms with Crippen molar-refractivity contribution in [1.82, 2.24) is 0 Å². The lowest BCUT2D eigenvalue weighted by molar-refractivity contribution is -0.384. The molecule has 1 aromatic rings. The molecule has 0 heterocycles. The van der Waals surface area contributed by atoms with Crippen molar-refractivity contribution < 1.29 is 10.0 Å². The van der Waals surface area contributed by atoms with Crippen molar-refractivity contribution >= 4 is 17.1 Å². The number of nitrogens with one attached hydrogen (secondary N) is 1. The van der Waals surface area contributed by atoms with Gasteiger partial charge in [-0.3, -0.25) is 10.1 Å². The van der Waals surface area contributed by atoms with Crippen LogP contribution in [0.4, 0.5) is 17.1 Å². The van der Waals surface area contributed by atoms with Gasteiger partial charge in [0.15, 0.2) is 0 Å². The summed E-state index contributed by atoms with van der Waals surface area (Å²) < 4.78 is 0. The molecule has 0 saturated carbocycles. The number of nitrogens with zero attached hydrogens (tertiary/aromatic N) is 1. The molecular formula is C12H19N3O3. The van der Waals surface area contributed by atoms with Crippen LogP contribution in [0.15, 0.2) is 18.2 Å². The fourth-order valence-electron chi connectivity index (χ4n) is 1.71. The lowest BCUT2D eigenvalue weighted by atomic mass is 10.1. The van der Waals surface area contributed by atoms with E-state index in [2.05, 4.69) is 5.32 Å². The molecule has 1 atom stereocenters. The van der Waals surface area contributed by atoms with Gasteiger partial charge < -0.3 is 16.2 Å². The Morgan fingerprint density at radius 2 is 2.11 bits per heavy atom. The van der Waals surface area contributed by atoms with E-state index in [1.165, 1.54) is 12.1 Å². The van der Waals surface area contributed by atoms with Gasteiger partial charge in [-0.25, -0.2) is 0 Å². The molecule has 0 bridgehead atoms. The largest absolute Gasteiger partial charge is 0.398 e. The molecule has 0 aliphatic carbocycles. The average molecular weight is 253 g/mol. The molecule has 1 rings (SSSR count). The lowest BCUT2D eigenvalue weighted by Crippen LogP contribution is -2.21. The molecule has 0 radical (unpaired) electrons. The van der Waals surface area contributed by atoms with Crippen molar-refractivity contribution in [2.75, 3.05) is 17.6 Å². The smallest absolute Gasteiger partial charge is 0.273 e. The minimum absolute atomic E-state index is 0.0594. The number of benzene rings is 1. The van der Waals surface area contributed by atoms with Crippen molar-refractivity contribution in [1.29, 1.82) is 0 Å². The van der Waals surface area contributed by atoms with Crippen LogP contribution >= 0.6 is 0 Å². The molecule has 0 aromatic heterocycles. The Bertz CT molecular complexity index is 421. The Balaban J connectivity index is 2.64. The third-order valence-electron chi connectivity index (χ3n) is 2.44. The van der Waals surface area contributed by atoms with Crippen LogP contribution in [0.2, 0.25) is 0 Å². The molecule has 0 amide bonds. The van der Waals surface area contributed by atoms with Crippen LogP contribution in [-0.2, 0) is 0 Å². The number of rotatable bonds is 6. The van der Waals surface area contributed by atoms with Gasteiger partial charge in [0.25, 0.3) is 5.69 Å². The van der Waals surface area contributed by atoms with Crippen LogP contribution in [0, 0.1) is 16.0 Å². The Kier molecular flexibility index (Phi) is 4.91. The lowest BCUT2D eigenvalue weighted by Gasteiger charge is -2.14. The Morgan fingerprint density at radius 1 is 1.44 bits per heavy atom. The number of nitro groups is 1. The van der Waals surface area contributed by atoms with Gasteiger partial charge in [0, 0.05) is 30.1 Å². The first-order valence-electron chi connectivity index (χ1n) is 5.85. The van der Waals surface area contributed by atoms with E-state index in [4.69, 9.17) is 5.73 Å². The van der Waals surface area contributed by atoms with Crippen molar-refractivity contribution in [2.45, 2.75) is 26.4 Å². The molecular weight excluding hydrogens is 234 g/mol. The van der Waals surface area contributed by atoms with E-state index in [0.717, 1.165) is 0 Å². The highest BCUT2D eigenvalue weighted by Crippen LogP contribution is 2.22. The van der Waals surface area contributed by atoms with E-state index in [9.17, 15) is 15.2 Å². The zero-order valence-corrected chi connectivity index (χ0v) is 10.6. The molecule has 100 valence electrons. The first-order valence-corrected chi connectivity index (χ1v) is 5.85. The van der Waals surface area contributed by atoms with Crippen LogP contribution in [0.25, 0.3) is 0 Å². The molecule has 0 aliphatic heterocycles. The third-order valence-corrected chi connectivity index (χ3v) is 2.44. The summed E-state index contributed by atoms with van der Waals surface area (Å²) in [5.74, 6) is 0.400. The maximum Gasteiger partial charge on any atom is 0.273 e. The van der Waals surface area contributed by atoms with Gasteiger partial charge in [0.1, 0.15) is 0 Å². The second-order valence-electron chi connectivity index (χ2n) is 4.73. The molecule has 1 unspecified atom stereocenters. The molecule has 0 fully saturated rings. The molecule has 4 N–H and O–H groups in total. The maximum absolute atomic E-state index is 10.7. The van der Waals surface area contributed by atoms with Crippen LogP contribution in [0.5, 0.6) is 0 Å². The van der Waals surface area contributed by atoms with Crippen molar-refractivity contribution in [3.8, 4) is 0 Å². The fourth-order valence-corrected chi connectivity index (χ4v) is 1.71. The molecule has 0 saturated heterocycles. The summed E-state index contributed by atoms with van der Waals surface area (Å²) in [4.78, 5) is 10.2. The van der Waals surface area contributed by atoms with Crippen LogP contribution in [0.1, 0.15) is 20.3 Å². The summed E-state index contributed by atoms with van der Waals surface area (Å²) in [6, 6.07) is 4.31. The van der Waals surface area contributed by atoms with Gasteiger partial charge in [-0.05, 0) is 18.4 Å². The molecule has 6 nitrogen and oxygen atoms in total. The zero-order chi connectivity index (χ0) is 13.7. The second kappa shape index (κ2) is 6.20. The maximum atomic E-state index is 10.7. The van der Waals surface area contributed by atoms with E-state index >= 15 is 0 Å². The molecule has 0 spiro atoms. The predicted molar refractivity (Wildman–Crippen MR) is 71.5 cm³/mol. The van der Waals surface area contributed by atoms with E-state index in [-0.39, 0.29) is 5.69 Å². The third kappa shape index (κ3) is 4.58. The van der Waals surface area contributed by atoms with Crippen LogP contribution in [0.3, 0.4) is 0 Å². The summed E-state index contributed by atoms with van der Waals surface area (Å²) in [6.45, 7) is 4.39. The Hall–Kier alpha value is -1.82. The number of anilines is 2. The quantitative estimate of drug-likeness (QED) is 0.409. The molecule has 6 heteroatoms. The number of hydrogen-bond donors (Lipinski definition) is 3. The van der Waals surface area contributed by atoms with Gasteiger partial charge >= 0.3 is 0 Å². The van der Waals surface area contributed by atoms with Gasteiger partial charge in [-0.1, -0.05) is 13.8 Å². The highest BCUT2D eigenvalue weighted by atomic mass is 16.6. The monoisotopic (exact) mass is 253 g/mol. The van der Waals surface area contributed by atoms with Gasteiger partial charge in [-0.15, -0.1) is 0 Å². The first-order chi connectivity index (χ1) is 8.38. The van der Waals surface area contributed by atoms with Gasteiger partial charge in [0.05, 0.1) is 11.0 Å². The number of aliphatic hydroxyl groups is 1. The fraction of sp³-hybridized carbons (Fsp3) is 0.500. The van der Waals surface area contributed by atoms with E-state index in [1.54, 1.807) is 6.07 Å². The number of aliphatic hydroxyl groups excluding tert-OH is 1. The zero-order valence-electron chi connectivity index (χ0n) is 10.6. The summed E-state index contributed by atoms with van der Waals surface area (Å²) in [7, 11) is 0. The number of nitrogen functional groups attached to an aromatic ring is 1. The number of hydrogen-bond acceptors (Lipinski definition) is 5. The highest BCUT2D eigenvalue weighted by Gasteiger charge is 2.10. The minimum atomic E-state index is -0.494. The van der Waals surface area contributed by atoms with Gasteiger partial charge in [-0.2, -0.15) is 0 Å². The minimum Gasteiger partial charge on any atom is -0.398 e. The number of nitro benzene ring substituents is 1. The summed E-state index contributed by atoms with van der Waals surface area (Å²) >= 11 is 0. The second-order valence-corrected chi connectivity index (χ2v) is 4.73. The van der Waals surface area contributed by atoms with E-state index < -0.39 is 11.0 Å². The number of non-ortho nitro benzene ring substituents is 1. The van der Waals surface area contributed by atoms with Crippen LogP contribution in [-0.4, -0.2) is 22.7 Å². The molecule has 0 aliphatic rings. The van der Waals surface area contributed by atoms with Crippen molar-refractivity contribution in [3.05, 3.63) is 28.3 Å². The molecule has 1 aromatic carbocycles. The normalized spacial score (nSPS) is 12.4. The standard InChI is InChI=1S/C12H19N3O3/c1-8(2)3-12(16)7-14-10-4-9(13)5-11(6-10)15(17)18/h4-6,8,12,14,16H,3,7,13H2,1-2H3. The SMILES string of the molecule is CC(C)CC(O)CNc1cc(N)cc([N+](=O)[O-])c1. The Morgan fingerprint density at radius 3 is 2.67 bits per heavy atom. The highest BCUT2D eigenvalue weighted by molar-refractivity contribution is 5.61. The summed E-state index contributed by atoms with van der Waals surface area (Å²) in [5, 5.41) is 23.3. The number of nitrogens with two attached hydrogens (primary N) is 1. The topological polar surface area (TPSA) is 101 Å². The summed E-state index contributed by atoms with van der Waals surface area (Å²) in [6.07, 6.45) is 0.197. The van der Waals surface area contributed by atoms with Crippen molar-refractivity contribution in [2.24, 2.45) is 5.92 Å². The van der Waals surface area contributed by atoms with Crippen LogP contribution < -0.4 is 11.1 Å². The predicted octanol–water partition coefficient (Wildman–Crippen LogP) is 2.00. The molecule has 18 heavy (non-hydrogen) atoms. The Labute approximate surface area is 106 Å². The average Bonchev–Trinajstić information content (AvgIpc) is 2.24. The van der Waals surface area contributed by atoms with Gasteiger partial charge in [0.2, 0.25) is 0 Å². The van der Waals surface area contributed by atoms with Crippen molar-refractivity contribution in [3.63, 3.8) is 0 Å². The first kappa shape index (κ1) is 14.2. The van der Waals surface area contributed by atoms with E-state index in [0.29, 0.717) is 30.3 Å². The summed E-state index contributed by atoms with van der Waals surface area (Å²) in [5.41, 5.74) is 6.39. The van der Waals surface area contributed by atoms with E-state index in [1.807, 2.05) is 13.8 Å².